The van der Waals surface area contributed by atoms with Gasteiger partial charge in [0.2, 0.25) is 0 Å². The van der Waals surface area contributed by atoms with Gasteiger partial charge in [0, 0.05) is 24.2 Å². The van der Waals surface area contributed by atoms with E-state index in [0.717, 1.165) is 17.0 Å². The van der Waals surface area contributed by atoms with Crippen molar-refractivity contribution in [3.8, 4) is 5.69 Å². The number of methoxy groups -OCH3 is 1. The van der Waals surface area contributed by atoms with Gasteiger partial charge >= 0.3 is 0 Å². The van der Waals surface area contributed by atoms with Gasteiger partial charge in [-0.2, -0.15) is 0 Å². The van der Waals surface area contributed by atoms with Crippen molar-refractivity contribution in [1.82, 2.24) is 9.47 Å². The standard InChI is InChI=1S/C21H24N2O2S2/c1-13-6-7-18(14(2)10-13)23-15(3)11-17(16(23)4)12-19-20(24)22(8-9-25-5)21(26)27-19/h6-7,10-12H,8-9H2,1-5H3. The fraction of sp³-hybridized carbons (Fsp3) is 0.333. The summed E-state index contributed by atoms with van der Waals surface area (Å²) in [5, 5.41) is 0. The van der Waals surface area contributed by atoms with E-state index in [9.17, 15) is 4.79 Å². The fourth-order valence-corrected chi connectivity index (χ4v) is 4.68. The van der Waals surface area contributed by atoms with E-state index in [0.29, 0.717) is 22.4 Å². The molecule has 0 saturated carbocycles. The Morgan fingerprint density at radius 1 is 1.19 bits per heavy atom. The third kappa shape index (κ3) is 3.88. The van der Waals surface area contributed by atoms with Crippen LogP contribution in [-0.2, 0) is 9.53 Å². The van der Waals surface area contributed by atoms with E-state index in [-0.39, 0.29) is 5.91 Å². The molecule has 0 atom stereocenters. The first-order valence-electron chi connectivity index (χ1n) is 8.84. The monoisotopic (exact) mass is 400 g/mol. The maximum absolute atomic E-state index is 12.7. The number of carbonyl (C=O) groups is 1. The molecule has 0 N–H and O–H groups in total. The minimum absolute atomic E-state index is 0.0432. The molecule has 27 heavy (non-hydrogen) atoms. The summed E-state index contributed by atoms with van der Waals surface area (Å²) in [7, 11) is 1.62. The quantitative estimate of drug-likeness (QED) is 0.544. The zero-order valence-corrected chi connectivity index (χ0v) is 18.0. The summed E-state index contributed by atoms with van der Waals surface area (Å²) in [6, 6.07) is 8.59. The van der Waals surface area contributed by atoms with Crippen molar-refractivity contribution in [1.29, 1.82) is 0 Å². The highest BCUT2D eigenvalue weighted by atomic mass is 32.2. The van der Waals surface area contributed by atoms with Crippen LogP contribution in [0.4, 0.5) is 0 Å². The Labute approximate surface area is 170 Å². The normalized spacial score (nSPS) is 16.0. The van der Waals surface area contributed by atoms with Crippen molar-refractivity contribution >= 4 is 40.3 Å². The minimum atomic E-state index is -0.0432. The number of nitrogens with zero attached hydrogens (tertiary/aromatic N) is 2. The number of thioether (sulfide) groups is 1. The summed E-state index contributed by atoms with van der Waals surface area (Å²) in [5.74, 6) is -0.0432. The van der Waals surface area contributed by atoms with Gasteiger partial charge in [-0.05, 0) is 57.0 Å². The SMILES string of the molecule is COCCN1C(=O)C(=Cc2cc(C)n(-c3ccc(C)cc3C)c2C)SC1=S. The van der Waals surface area contributed by atoms with Crippen molar-refractivity contribution in [2.45, 2.75) is 27.7 Å². The highest BCUT2D eigenvalue weighted by Gasteiger charge is 2.31. The lowest BCUT2D eigenvalue weighted by molar-refractivity contribution is -0.122. The smallest absolute Gasteiger partial charge is 0.266 e. The summed E-state index contributed by atoms with van der Waals surface area (Å²) in [5.41, 5.74) is 6.94. The number of rotatable bonds is 5. The Morgan fingerprint density at radius 3 is 2.59 bits per heavy atom. The maximum Gasteiger partial charge on any atom is 0.266 e. The molecule has 0 spiro atoms. The van der Waals surface area contributed by atoms with Gasteiger partial charge in [0.1, 0.15) is 4.32 Å². The molecular formula is C21H24N2O2S2. The number of hydrogen-bond acceptors (Lipinski definition) is 4. The first-order chi connectivity index (χ1) is 12.8. The van der Waals surface area contributed by atoms with E-state index in [1.54, 1.807) is 12.0 Å². The minimum Gasteiger partial charge on any atom is -0.383 e. The molecule has 1 aliphatic rings. The number of ether oxygens (including phenoxy) is 1. The van der Waals surface area contributed by atoms with Crippen LogP contribution in [0.1, 0.15) is 28.1 Å². The number of aryl methyl sites for hydroxylation is 3. The van der Waals surface area contributed by atoms with Crippen molar-refractivity contribution in [3.63, 3.8) is 0 Å². The molecule has 0 radical (unpaired) electrons. The molecule has 1 amide bonds. The Balaban J connectivity index is 1.97. The number of thiocarbonyl (C=S) groups is 1. The van der Waals surface area contributed by atoms with Gasteiger partial charge in [0.25, 0.3) is 5.91 Å². The molecule has 4 nitrogen and oxygen atoms in total. The zero-order chi connectivity index (χ0) is 19.7. The van der Waals surface area contributed by atoms with E-state index in [4.69, 9.17) is 17.0 Å². The predicted octanol–water partition coefficient (Wildman–Crippen LogP) is 4.56. The van der Waals surface area contributed by atoms with Crippen LogP contribution in [0.2, 0.25) is 0 Å². The number of amides is 1. The summed E-state index contributed by atoms with van der Waals surface area (Å²) in [6.45, 7) is 9.36. The molecule has 6 heteroatoms. The van der Waals surface area contributed by atoms with Crippen LogP contribution in [0.25, 0.3) is 11.8 Å². The first kappa shape index (κ1) is 19.9. The molecule has 142 valence electrons. The van der Waals surface area contributed by atoms with Crippen molar-refractivity contribution in [2.75, 3.05) is 20.3 Å². The van der Waals surface area contributed by atoms with Gasteiger partial charge in [0.05, 0.1) is 18.1 Å². The zero-order valence-electron chi connectivity index (χ0n) is 16.3. The van der Waals surface area contributed by atoms with Crippen LogP contribution in [0.3, 0.4) is 0 Å². The van der Waals surface area contributed by atoms with Crippen LogP contribution < -0.4 is 0 Å². The molecule has 1 saturated heterocycles. The molecule has 1 fully saturated rings. The molecule has 2 aromatic rings. The first-order valence-corrected chi connectivity index (χ1v) is 10.1. The Kier molecular flexibility index (Phi) is 5.89. The Hall–Kier alpha value is -1.89. The molecule has 1 aliphatic heterocycles. The molecule has 0 bridgehead atoms. The van der Waals surface area contributed by atoms with E-state index < -0.39 is 0 Å². The number of hydrogen-bond donors (Lipinski definition) is 0. The van der Waals surface area contributed by atoms with Gasteiger partial charge in [-0.25, -0.2) is 0 Å². The summed E-state index contributed by atoms with van der Waals surface area (Å²) >= 11 is 6.72. The van der Waals surface area contributed by atoms with Gasteiger partial charge < -0.3 is 9.30 Å². The summed E-state index contributed by atoms with van der Waals surface area (Å²) in [6.07, 6.45) is 1.95. The van der Waals surface area contributed by atoms with Crippen LogP contribution in [0.15, 0.2) is 29.2 Å². The van der Waals surface area contributed by atoms with Crippen molar-refractivity contribution < 1.29 is 9.53 Å². The molecule has 3 rings (SSSR count). The average Bonchev–Trinajstić information content (AvgIpc) is 3.03. The molecule has 2 heterocycles. The lowest BCUT2D eigenvalue weighted by Gasteiger charge is -2.13. The van der Waals surface area contributed by atoms with Gasteiger partial charge in [-0.3, -0.25) is 9.69 Å². The summed E-state index contributed by atoms with van der Waals surface area (Å²) in [4.78, 5) is 15.0. The highest BCUT2D eigenvalue weighted by Crippen LogP contribution is 2.34. The van der Waals surface area contributed by atoms with Crippen LogP contribution in [0, 0.1) is 27.7 Å². The lowest BCUT2D eigenvalue weighted by atomic mass is 10.1. The maximum atomic E-state index is 12.7. The van der Waals surface area contributed by atoms with Gasteiger partial charge in [-0.1, -0.05) is 41.7 Å². The molecule has 0 unspecified atom stereocenters. The van der Waals surface area contributed by atoms with Crippen LogP contribution in [0.5, 0.6) is 0 Å². The largest absolute Gasteiger partial charge is 0.383 e. The average molecular weight is 401 g/mol. The number of benzene rings is 1. The molecule has 1 aromatic carbocycles. The van der Waals surface area contributed by atoms with Gasteiger partial charge in [0.15, 0.2) is 0 Å². The third-order valence-electron chi connectivity index (χ3n) is 4.74. The second-order valence-corrected chi connectivity index (χ2v) is 8.45. The van der Waals surface area contributed by atoms with Gasteiger partial charge in [-0.15, -0.1) is 0 Å². The second-order valence-electron chi connectivity index (χ2n) is 6.78. The van der Waals surface area contributed by atoms with Crippen molar-refractivity contribution in [2.24, 2.45) is 0 Å². The Morgan fingerprint density at radius 2 is 1.93 bits per heavy atom. The van der Waals surface area contributed by atoms with Crippen LogP contribution in [-0.4, -0.2) is 40.0 Å². The van der Waals surface area contributed by atoms with Crippen LogP contribution >= 0.6 is 24.0 Å². The second kappa shape index (κ2) is 8.00. The van der Waals surface area contributed by atoms with E-state index >= 15 is 0 Å². The van der Waals surface area contributed by atoms with E-state index in [1.165, 1.54) is 28.6 Å². The lowest BCUT2D eigenvalue weighted by Crippen LogP contribution is -2.31. The molecule has 0 aliphatic carbocycles. The molecule has 1 aromatic heterocycles. The van der Waals surface area contributed by atoms with Crippen molar-refractivity contribution in [3.05, 3.63) is 57.2 Å². The Bertz CT molecular complexity index is 944. The summed E-state index contributed by atoms with van der Waals surface area (Å²) < 4.78 is 7.91. The topological polar surface area (TPSA) is 34.5 Å². The van der Waals surface area contributed by atoms with E-state index in [1.807, 2.05) is 6.08 Å². The fourth-order valence-electron chi connectivity index (χ4n) is 3.38. The molecular weight excluding hydrogens is 376 g/mol. The number of carbonyl (C=O) groups excluding carboxylic acids is 1. The number of aromatic nitrogens is 1. The van der Waals surface area contributed by atoms with E-state index in [2.05, 4.69) is 56.5 Å². The highest BCUT2D eigenvalue weighted by molar-refractivity contribution is 8.26. The third-order valence-corrected chi connectivity index (χ3v) is 6.12. The predicted molar refractivity (Wildman–Crippen MR) is 116 cm³/mol.